The van der Waals surface area contributed by atoms with Crippen molar-refractivity contribution in [2.75, 3.05) is 47.3 Å². The second kappa shape index (κ2) is 6.17. The lowest BCUT2D eigenvalue weighted by atomic mass is 10.1. The molecule has 1 heterocycles. The number of carbonyl (C=O) groups is 1. The normalized spacial score (nSPS) is 16.9. The van der Waals surface area contributed by atoms with Crippen LogP contribution in [0.3, 0.4) is 0 Å². The maximum Gasteiger partial charge on any atom is 0.253 e. The molecular formula is C15H23N3O. The molecule has 1 amide bonds. The molecule has 1 aliphatic rings. The van der Waals surface area contributed by atoms with Gasteiger partial charge >= 0.3 is 0 Å². The van der Waals surface area contributed by atoms with E-state index in [0.717, 1.165) is 38.3 Å². The summed E-state index contributed by atoms with van der Waals surface area (Å²) in [5.41, 5.74) is 2.03. The van der Waals surface area contributed by atoms with Crippen LogP contribution in [0.1, 0.15) is 15.9 Å². The van der Waals surface area contributed by atoms with Gasteiger partial charge in [0.15, 0.2) is 0 Å². The van der Waals surface area contributed by atoms with Gasteiger partial charge in [-0.25, -0.2) is 0 Å². The largest absolute Gasteiger partial charge is 0.336 e. The third-order valence-corrected chi connectivity index (χ3v) is 3.49. The summed E-state index contributed by atoms with van der Waals surface area (Å²) in [5.74, 6) is 0.157. The van der Waals surface area contributed by atoms with Gasteiger partial charge in [0.05, 0.1) is 0 Å². The molecule has 0 saturated carbocycles. The molecule has 0 radical (unpaired) electrons. The average molecular weight is 261 g/mol. The SMILES string of the molecule is CN(C)Cc1ccc(C(=O)N2CCN(C)CC2)cc1. The zero-order chi connectivity index (χ0) is 13.8. The molecule has 4 nitrogen and oxygen atoms in total. The highest BCUT2D eigenvalue weighted by atomic mass is 16.2. The van der Waals surface area contributed by atoms with E-state index in [9.17, 15) is 4.79 Å². The first-order valence-corrected chi connectivity index (χ1v) is 6.78. The lowest BCUT2D eigenvalue weighted by Crippen LogP contribution is -2.47. The fraction of sp³-hybridized carbons (Fsp3) is 0.533. The number of amides is 1. The summed E-state index contributed by atoms with van der Waals surface area (Å²) >= 11 is 0. The highest BCUT2D eigenvalue weighted by molar-refractivity contribution is 5.94. The van der Waals surface area contributed by atoms with E-state index in [4.69, 9.17) is 0 Å². The first-order chi connectivity index (χ1) is 9.06. The summed E-state index contributed by atoms with van der Waals surface area (Å²) in [7, 11) is 6.18. The van der Waals surface area contributed by atoms with Crippen molar-refractivity contribution < 1.29 is 4.79 Å². The molecule has 1 fully saturated rings. The van der Waals surface area contributed by atoms with E-state index >= 15 is 0 Å². The number of likely N-dealkylation sites (N-methyl/N-ethyl adjacent to an activating group) is 1. The summed E-state index contributed by atoms with van der Waals surface area (Å²) in [6.45, 7) is 4.49. The number of piperazine rings is 1. The lowest BCUT2D eigenvalue weighted by Gasteiger charge is -2.32. The highest BCUT2D eigenvalue weighted by Crippen LogP contribution is 2.10. The molecule has 4 heteroatoms. The molecule has 104 valence electrons. The number of rotatable bonds is 3. The summed E-state index contributed by atoms with van der Waals surface area (Å²) < 4.78 is 0. The van der Waals surface area contributed by atoms with E-state index in [0.29, 0.717) is 0 Å². The van der Waals surface area contributed by atoms with E-state index in [-0.39, 0.29) is 5.91 Å². The summed E-state index contributed by atoms with van der Waals surface area (Å²) in [6.07, 6.45) is 0. The zero-order valence-corrected chi connectivity index (χ0v) is 12.1. The summed E-state index contributed by atoms with van der Waals surface area (Å²) in [5, 5.41) is 0. The van der Waals surface area contributed by atoms with Gasteiger partial charge in [0.1, 0.15) is 0 Å². The minimum absolute atomic E-state index is 0.157. The molecule has 0 unspecified atom stereocenters. The Morgan fingerprint density at radius 1 is 1.11 bits per heavy atom. The van der Waals surface area contributed by atoms with Crippen LogP contribution in [-0.4, -0.2) is 67.9 Å². The number of hydrogen-bond donors (Lipinski definition) is 0. The van der Waals surface area contributed by atoms with Crippen molar-refractivity contribution in [1.82, 2.24) is 14.7 Å². The molecule has 0 N–H and O–H groups in total. The van der Waals surface area contributed by atoms with Gasteiger partial charge in [0.25, 0.3) is 5.91 Å². The first kappa shape index (κ1) is 14.0. The van der Waals surface area contributed by atoms with Crippen LogP contribution >= 0.6 is 0 Å². The Bertz CT molecular complexity index is 420. The van der Waals surface area contributed by atoms with Crippen LogP contribution in [0, 0.1) is 0 Å². The van der Waals surface area contributed by atoms with Crippen molar-refractivity contribution in [3.63, 3.8) is 0 Å². The lowest BCUT2D eigenvalue weighted by molar-refractivity contribution is 0.0664. The van der Waals surface area contributed by atoms with E-state index in [2.05, 4.69) is 16.8 Å². The molecule has 1 aromatic carbocycles. The Labute approximate surface area is 115 Å². The number of hydrogen-bond acceptors (Lipinski definition) is 3. The standard InChI is InChI=1S/C15H23N3O/c1-16(2)12-13-4-6-14(7-5-13)15(19)18-10-8-17(3)9-11-18/h4-7H,8-12H2,1-3H3. The van der Waals surface area contributed by atoms with Gasteiger partial charge in [-0.2, -0.15) is 0 Å². The first-order valence-electron chi connectivity index (χ1n) is 6.78. The molecule has 0 spiro atoms. The summed E-state index contributed by atoms with van der Waals surface area (Å²) in [6, 6.07) is 7.98. The second-order valence-corrected chi connectivity index (χ2v) is 5.53. The fourth-order valence-electron chi connectivity index (χ4n) is 2.31. The zero-order valence-electron chi connectivity index (χ0n) is 12.1. The van der Waals surface area contributed by atoms with E-state index in [1.54, 1.807) is 0 Å². The quantitative estimate of drug-likeness (QED) is 0.816. The second-order valence-electron chi connectivity index (χ2n) is 5.53. The van der Waals surface area contributed by atoms with Crippen LogP contribution in [0.25, 0.3) is 0 Å². The summed E-state index contributed by atoms with van der Waals surface area (Å²) in [4.78, 5) is 18.7. The van der Waals surface area contributed by atoms with Crippen molar-refractivity contribution >= 4 is 5.91 Å². The highest BCUT2D eigenvalue weighted by Gasteiger charge is 2.19. The van der Waals surface area contributed by atoms with Crippen LogP contribution in [0.5, 0.6) is 0 Å². The van der Waals surface area contributed by atoms with Gasteiger partial charge in [0, 0.05) is 38.3 Å². The number of benzene rings is 1. The van der Waals surface area contributed by atoms with Gasteiger partial charge < -0.3 is 14.7 Å². The fourth-order valence-corrected chi connectivity index (χ4v) is 2.31. The van der Waals surface area contributed by atoms with E-state index in [1.165, 1.54) is 5.56 Å². The monoisotopic (exact) mass is 261 g/mol. The van der Waals surface area contributed by atoms with Crippen LogP contribution in [0.2, 0.25) is 0 Å². The maximum atomic E-state index is 12.3. The predicted octanol–water partition coefficient (Wildman–Crippen LogP) is 1.14. The molecule has 19 heavy (non-hydrogen) atoms. The third kappa shape index (κ3) is 3.78. The van der Waals surface area contributed by atoms with Crippen LogP contribution in [0.4, 0.5) is 0 Å². The number of nitrogens with zero attached hydrogens (tertiary/aromatic N) is 3. The average Bonchev–Trinajstić information content (AvgIpc) is 2.39. The Balaban J connectivity index is 1.99. The molecule has 0 aromatic heterocycles. The smallest absolute Gasteiger partial charge is 0.253 e. The third-order valence-electron chi connectivity index (χ3n) is 3.49. The molecule has 0 bridgehead atoms. The Morgan fingerprint density at radius 3 is 2.21 bits per heavy atom. The van der Waals surface area contributed by atoms with Crippen molar-refractivity contribution in [1.29, 1.82) is 0 Å². The molecule has 1 saturated heterocycles. The van der Waals surface area contributed by atoms with E-state index in [1.807, 2.05) is 43.3 Å². The van der Waals surface area contributed by atoms with Crippen molar-refractivity contribution in [2.45, 2.75) is 6.54 Å². The molecule has 1 aliphatic heterocycles. The van der Waals surface area contributed by atoms with Crippen molar-refractivity contribution in [2.24, 2.45) is 0 Å². The Kier molecular flexibility index (Phi) is 4.56. The van der Waals surface area contributed by atoms with Crippen molar-refractivity contribution in [3.05, 3.63) is 35.4 Å². The minimum Gasteiger partial charge on any atom is -0.336 e. The predicted molar refractivity (Wildman–Crippen MR) is 77.2 cm³/mol. The molecule has 2 rings (SSSR count). The van der Waals surface area contributed by atoms with E-state index < -0.39 is 0 Å². The minimum atomic E-state index is 0.157. The Hall–Kier alpha value is -1.39. The maximum absolute atomic E-state index is 12.3. The topological polar surface area (TPSA) is 26.8 Å². The van der Waals surface area contributed by atoms with Gasteiger partial charge in [-0.1, -0.05) is 12.1 Å². The molecular weight excluding hydrogens is 238 g/mol. The molecule has 0 atom stereocenters. The number of carbonyl (C=O) groups excluding carboxylic acids is 1. The van der Waals surface area contributed by atoms with Crippen molar-refractivity contribution in [3.8, 4) is 0 Å². The van der Waals surface area contributed by atoms with Crippen LogP contribution in [-0.2, 0) is 6.54 Å². The molecule has 0 aliphatic carbocycles. The van der Waals surface area contributed by atoms with Crippen LogP contribution in [0.15, 0.2) is 24.3 Å². The Morgan fingerprint density at radius 2 is 1.68 bits per heavy atom. The van der Waals surface area contributed by atoms with Crippen LogP contribution < -0.4 is 0 Å². The van der Waals surface area contributed by atoms with Gasteiger partial charge in [-0.15, -0.1) is 0 Å². The van der Waals surface area contributed by atoms with Gasteiger partial charge in [-0.3, -0.25) is 4.79 Å². The van der Waals surface area contributed by atoms with Gasteiger partial charge in [0.2, 0.25) is 0 Å². The van der Waals surface area contributed by atoms with Gasteiger partial charge in [-0.05, 0) is 38.8 Å². The molecule has 1 aromatic rings.